The quantitative estimate of drug-likeness (QED) is 0.475. The van der Waals surface area contributed by atoms with Gasteiger partial charge >= 0.3 is 0 Å². The van der Waals surface area contributed by atoms with Gasteiger partial charge in [-0.25, -0.2) is 22.2 Å². The van der Waals surface area contributed by atoms with Gasteiger partial charge in [-0.05, 0) is 38.4 Å². The fourth-order valence-corrected chi connectivity index (χ4v) is 5.28. The molecule has 0 aliphatic carbocycles. The number of sulfonamides is 1. The molecule has 0 radical (unpaired) electrons. The van der Waals surface area contributed by atoms with Crippen molar-refractivity contribution in [3.63, 3.8) is 0 Å². The van der Waals surface area contributed by atoms with Crippen LogP contribution < -0.4 is 10.7 Å². The standard InChI is InChI=1S/C19H28F2N6O5S/c1-3-33(31,32)26-10-14(19(12-28)4-6-25(7-5-19)11-15(20)21)16(17(22)29)18(30)27(26)13-8-23-24(2)9-13/h8-10,15-16,28H,3-7,11-12H2,1-2H3,(H2,22,29). The maximum Gasteiger partial charge on any atom is 0.263 e. The van der Waals surface area contributed by atoms with E-state index in [4.69, 9.17) is 5.73 Å². The molecule has 1 unspecified atom stereocenters. The van der Waals surface area contributed by atoms with E-state index in [-0.39, 0.29) is 42.9 Å². The minimum Gasteiger partial charge on any atom is -0.395 e. The van der Waals surface area contributed by atoms with Crippen molar-refractivity contribution < 1.29 is 31.9 Å². The number of rotatable bonds is 8. The van der Waals surface area contributed by atoms with E-state index in [2.05, 4.69) is 5.10 Å². The molecule has 2 amide bonds. The van der Waals surface area contributed by atoms with Gasteiger partial charge in [0.15, 0.2) is 0 Å². The van der Waals surface area contributed by atoms with E-state index in [9.17, 15) is 31.9 Å². The maximum absolute atomic E-state index is 13.5. The van der Waals surface area contributed by atoms with Crippen LogP contribution in [0.3, 0.4) is 0 Å². The molecule has 2 aliphatic rings. The number of primary amides is 1. The number of aliphatic hydroxyl groups is 1. The van der Waals surface area contributed by atoms with Crippen LogP contribution in [0.15, 0.2) is 24.2 Å². The van der Waals surface area contributed by atoms with E-state index in [0.29, 0.717) is 0 Å². The van der Waals surface area contributed by atoms with Crippen LogP contribution in [0.4, 0.5) is 14.5 Å². The molecule has 3 N–H and O–H groups in total. The van der Waals surface area contributed by atoms with Crippen LogP contribution in [-0.2, 0) is 26.7 Å². The normalized spacial score (nSPS) is 22.1. The zero-order valence-corrected chi connectivity index (χ0v) is 19.2. The van der Waals surface area contributed by atoms with Crippen molar-refractivity contribution >= 4 is 27.5 Å². The van der Waals surface area contributed by atoms with Crippen LogP contribution in [-0.4, -0.2) is 82.9 Å². The molecule has 0 saturated carbocycles. The van der Waals surface area contributed by atoms with Gasteiger partial charge in [-0.2, -0.15) is 9.51 Å². The highest BCUT2D eigenvalue weighted by Crippen LogP contribution is 2.45. The number of hydrazine groups is 1. The monoisotopic (exact) mass is 490 g/mol. The summed E-state index contributed by atoms with van der Waals surface area (Å²) in [7, 11) is -2.46. The van der Waals surface area contributed by atoms with Crippen LogP contribution >= 0.6 is 0 Å². The topological polar surface area (TPSA) is 142 Å². The summed E-state index contributed by atoms with van der Waals surface area (Å²) in [5, 5.41) is 15.1. The van der Waals surface area contributed by atoms with E-state index >= 15 is 0 Å². The van der Waals surface area contributed by atoms with Gasteiger partial charge in [-0.1, -0.05) is 0 Å². The Kier molecular flexibility index (Phi) is 7.10. The molecule has 3 heterocycles. The van der Waals surface area contributed by atoms with Crippen LogP contribution in [0.1, 0.15) is 19.8 Å². The lowest BCUT2D eigenvalue weighted by molar-refractivity contribution is -0.133. The fourth-order valence-electron chi connectivity index (χ4n) is 4.31. The van der Waals surface area contributed by atoms with Crippen LogP contribution in [0.2, 0.25) is 0 Å². The largest absolute Gasteiger partial charge is 0.395 e. The molecule has 11 nitrogen and oxygen atoms in total. The number of piperidine rings is 1. The predicted octanol–water partition coefficient (Wildman–Crippen LogP) is -0.342. The van der Waals surface area contributed by atoms with Gasteiger partial charge in [0.2, 0.25) is 5.91 Å². The number of carbonyl (C=O) groups excluding carboxylic acids is 2. The summed E-state index contributed by atoms with van der Waals surface area (Å²) in [5.74, 6) is -3.79. The van der Waals surface area contributed by atoms with Crippen LogP contribution in [0.25, 0.3) is 0 Å². The lowest BCUT2D eigenvalue weighted by Crippen LogP contribution is -2.59. The Bertz CT molecular complexity index is 1040. The summed E-state index contributed by atoms with van der Waals surface area (Å²) in [6.45, 7) is 0.804. The maximum atomic E-state index is 13.5. The third kappa shape index (κ3) is 4.73. The van der Waals surface area contributed by atoms with Gasteiger partial charge in [-0.3, -0.25) is 19.2 Å². The number of hydrogen-bond donors (Lipinski definition) is 2. The Morgan fingerprint density at radius 2 is 2.00 bits per heavy atom. The highest BCUT2D eigenvalue weighted by atomic mass is 32.2. The third-order valence-electron chi connectivity index (χ3n) is 6.21. The lowest BCUT2D eigenvalue weighted by atomic mass is 9.68. The third-order valence-corrected chi connectivity index (χ3v) is 7.78. The first kappa shape index (κ1) is 25.1. The van der Waals surface area contributed by atoms with Crippen molar-refractivity contribution in [3.8, 4) is 0 Å². The second kappa shape index (κ2) is 9.35. The second-order valence-electron chi connectivity index (χ2n) is 8.25. The number of alkyl halides is 2. The Hall–Kier alpha value is -2.58. The highest BCUT2D eigenvalue weighted by molar-refractivity contribution is 7.89. The summed E-state index contributed by atoms with van der Waals surface area (Å²) in [6, 6.07) is 0. The van der Waals surface area contributed by atoms with E-state index in [1.54, 1.807) is 7.05 Å². The molecule has 3 rings (SSSR count). The number of hydrogen-bond acceptors (Lipinski definition) is 7. The summed E-state index contributed by atoms with van der Waals surface area (Å²) in [6.07, 6.45) is 1.62. The summed E-state index contributed by atoms with van der Waals surface area (Å²) < 4.78 is 53.6. The minimum absolute atomic E-state index is 0.0661. The number of aromatic nitrogens is 2. The van der Waals surface area contributed by atoms with E-state index in [1.165, 1.54) is 35.1 Å². The van der Waals surface area contributed by atoms with Crippen molar-refractivity contribution in [2.45, 2.75) is 26.2 Å². The Labute approximate surface area is 190 Å². The first-order chi connectivity index (χ1) is 15.5. The van der Waals surface area contributed by atoms with E-state index in [0.717, 1.165) is 9.42 Å². The first-order valence-electron chi connectivity index (χ1n) is 10.4. The number of aliphatic hydroxyl groups excluding tert-OH is 1. The van der Waals surface area contributed by atoms with Crippen molar-refractivity contribution in [1.82, 2.24) is 19.1 Å². The minimum atomic E-state index is -4.04. The molecule has 1 fully saturated rings. The number of aryl methyl sites for hydroxylation is 1. The number of nitrogens with zero attached hydrogens (tertiary/aromatic N) is 5. The second-order valence-corrected chi connectivity index (χ2v) is 10.4. The van der Waals surface area contributed by atoms with E-state index in [1.807, 2.05) is 0 Å². The number of halogens is 2. The zero-order chi connectivity index (χ0) is 24.6. The summed E-state index contributed by atoms with van der Waals surface area (Å²) >= 11 is 0. The van der Waals surface area contributed by atoms with Gasteiger partial charge in [0, 0.05) is 18.7 Å². The summed E-state index contributed by atoms with van der Waals surface area (Å²) in [4.78, 5) is 27.5. The van der Waals surface area contributed by atoms with Crippen LogP contribution in [0, 0.1) is 11.3 Å². The molecule has 33 heavy (non-hydrogen) atoms. The van der Waals surface area contributed by atoms with Gasteiger partial charge in [0.25, 0.3) is 22.4 Å². The Morgan fingerprint density at radius 3 is 2.45 bits per heavy atom. The average molecular weight is 491 g/mol. The smallest absolute Gasteiger partial charge is 0.263 e. The lowest BCUT2D eigenvalue weighted by Gasteiger charge is -2.47. The van der Waals surface area contributed by atoms with Crippen molar-refractivity contribution in [2.24, 2.45) is 24.1 Å². The molecular formula is C19H28F2N6O5S. The predicted molar refractivity (Wildman–Crippen MR) is 114 cm³/mol. The number of carbonyl (C=O) groups is 2. The Balaban J connectivity index is 2.12. The SMILES string of the molecule is CCS(=O)(=O)N1C=C(C2(CO)CCN(CC(F)F)CC2)C(C(N)=O)C(=O)N1c1cnn(C)c1. The number of amides is 2. The average Bonchev–Trinajstić information content (AvgIpc) is 3.18. The molecule has 0 bridgehead atoms. The molecule has 0 spiro atoms. The number of nitrogens with two attached hydrogens (primary N) is 1. The van der Waals surface area contributed by atoms with E-state index < -0.39 is 52.7 Å². The van der Waals surface area contributed by atoms with Gasteiger partial charge in [-0.15, -0.1) is 0 Å². The number of anilines is 1. The van der Waals surface area contributed by atoms with Gasteiger partial charge in [0.05, 0.1) is 31.3 Å². The molecule has 0 aromatic carbocycles. The molecule has 1 saturated heterocycles. The van der Waals surface area contributed by atoms with Crippen LogP contribution in [0.5, 0.6) is 0 Å². The van der Waals surface area contributed by atoms with Crippen molar-refractivity contribution in [3.05, 3.63) is 24.2 Å². The molecular weight excluding hydrogens is 462 g/mol. The zero-order valence-electron chi connectivity index (χ0n) is 18.4. The number of likely N-dealkylation sites (tertiary alicyclic amines) is 1. The molecule has 1 aromatic heterocycles. The Morgan fingerprint density at radius 1 is 1.36 bits per heavy atom. The van der Waals surface area contributed by atoms with Gasteiger partial charge < -0.3 is 10.8 Å². The highest BCUT2D eigenvalue weighted by Gasteiger charge is 2.51. The molecule has 1 aromatic rings. The van der Waals surface area contributed by atoms with Crippen molar-refractivity contribution in [1.29, 1.82) is 0 Å². The summed E-state index contributed by atoms with van der Waals surface area (Å²) in [5.41, 5.74) is 4.60. The van der Waals surface area contributed by atoms with Gasteiger partial charge in [0.1, 0.15) is 11.6 Å². The first-order valence-corrected chi connectivity index (χ1v) is 12.0. The van der Waals surface area contributed by atoms with Crippen molar-refractivity contribution in [2.75, 3.05) is 37.0 Å². The fraction of sp³-hybridized carbons (Fsp3) is 0.632. The molecule has 1 atom stereocenters. The molecule has 2 aliphatic heterocycles. The molecule has 184 valence electrons. The molecule has 14 heteroatoms.